The number of piperazine rings is 1. The van der Waals surface area contributed by atoms with Gasteiger partial charge in [0.2, 0.25) is 11.8 Å². The van der Waals surface area contributed by atoms with Crippen LogP contribution in [-0.4, -0.2) is 64.8 Å². The van der Waals surface area contributed by atoms with Crippen molar-refractivity contribution in [2.24, 2.45) is 5.92 Å². The monoisotopic (exact) mass is 498 g/mol. The number of rotatable bonds is 7. The number of amides is 3. The Morgan fingerprint density at radius 3 is 2.62 bits per heavy atom. The molecule has 3 heterocycles. The predicted molar refractivity (Wildman–Crippen MR) is 130 cm³/mol. The normalized spacial score (nSPS) is 21.0. The van der Waals surface area contributed by atoms with Gasteiger partial charge in [-0.3, -0.25) is 14.4 Å². The molecule has 34 heavy (non-hydrogen) atoms. The number of hydrogen-bond donors (Lipinski definition) is 1. The first-order valence-corrected chi connectivity index (χ1v) is 12.9. The van der Waals surface area contributed by atoms with E-state index in [0.717, 1.165) is 33.9 Å². The van der Waals surface area contributed by atoms with Crippen LogP contribution >= 0.6 is 23.1 Å². The van der Waals surface area contributed by atoms with Crippen LogP contribution in [0.1, 0.15) is 35.2 Å². The van der Waals surface area contributed by atoms with E-state index in [-0.39, 0.29) is 35.7 Å². The molecule has 1 aromatic carbocycles. The standard InChI is InChI=1S/C24H26N4O4S2/c1-4-20(29)27-11-16-8-15(27)12-28(16)23(31)17-9-19(13(2)7-18(17)32-3)33-21-10-25-24(34-21)26-22(30)14-5-6-14/h4,7,9-10,14-16H,1,5-6,8,11-12H2,2-3H3,(H,25,26,30)/t15-,16-/m0/s1. The Labute approximate surface area is 206 Å². The minimum atomic E-state index is -0.0846. The van der Waals surface area contributed by atoms with Gasteiger partial charge in [0.05, 0.1) is 35.2 Å². The van der Waals surface area contributed by atoms with Gasteiger partial charge in [-0.2, -0.15) is 0 Å². The highest BCUT2D eigenvalue weighted by Crippen LogP contribution is 2.40. The number of aromatic nitrogens is 1. The van der Waals surface area contributed by atoms with E-state index in [9.17, 15) is 14.4 Å². The Morgan fingerprint density at radius 1 is 1.24 bits per heavy atom. The summed E-state index contributed by atoms with van der Waals surface area (Å²) in [5, 5.41) is 3.47. The van der Waals surface area contributed by atoms with E-state index in [4.69, 9.17) is 4.74 Å². The van der Waals surface area contributed by atoms with Crippen LogP contribution in [0.25, 0.3) is 0 Å². The van der Waals surface area contributed by atoms with E-state index in [2.05, 4.69) is 16.9 Å². The molecule has 2 atom stereocenters. The lowest BCUT2D eigenvalue weighted by Crippen LogP contribution is -2.50. The number of hydrogen-bond acceptors (Lipinski definition) is 7. The SMILES string of the molecule is C=CC(=O)N1C[C@@H]2C[C@H]1CN2C(=O)c1cc(Sc2cnc(NC(=O)C3CC3)s2)c(C)cc1OC. The number of likely N-dealkylation sites (tertiary alicyclic amines) is 2. The Kier molecular flexibility index (Phi) is 6.11. The van der Waals surface area contributed by atoms with Gasteiger partial charge in [0.15, 0.2) is 5.13 Å². The zero-order valence-electron chi connectivity index (χ0n) is 19.1. The second-order valence-corrected chi connectivity index (χ2v) is 11.2. The minimum Gasteiger partial charge on any atom is -0.496 e. The van der Waals surface area contributed by atoms with Gasteiger partial charge in [-0.05, 0) is 50.0 Å². The van der Waals surface area contributed by atoms with E-state index < -0.39 is 0 Å². The van der Waals surface area contributed by atoms with Crippen LogP contribution in [0.15, 0.2) is 40.1 Å². The summed E-state index contributed by atoms with van der Waals surface area (Å²) < 4.78 is 6.48. The van der Waals surface area contributed by atoms with Gasteiger partial charge >= 0.3 is 0 Å². The zero-order valence-corrected chi connectivity index (χ0v) is 20.7. The molecule has 5 rings (SSSR count). The molecule has 1 aliphatic carbocycles. The molecule has 2 bridgehead atoms. The molecular formula is C24H26N4O4S2. The van der Waals surface area contributed by atoms with Crippen molar-refractivity contribution in [2.45, 2.75) is 47.4 Å². The third-order valence-electron chi connectivity index (χ3n) is 6.56. The zero-order chi connectivity index (χ0) is 24.0. The van der Waals surface area contributed by atoms with Gasteiger partial charge in [0, 0.05) is 23.9 Å². The van der Waals surface area contributed by atoms with Crippen LogP contribution in [0.5, 0.6) is 5.75 Å². The van der Waals surface area contributed by atoms with E-state index in [1.54, 1.807) is 18.2 Å². The molecule has 2 aromatic rings. The second kappa shape index (κ2) is 9.07. The van der Waals surface area contributed by atoms with Gasteiger partial charge in [0.25, 0.3) is 5.91 Å². The average Bonchev–Trinajstić information content (AvgIpc) is 3.28. The first kappa shape index (κ1) is 22.9. The van der Waals surface area contributed by atoms with Crippen molar-refractivity contribution < 1.29 is 19.1 Å². The topological polar surface area (TPSA) is 91.8 Å². The molecular weight excluding hydrogens is 472 g/mol. The molecule has 8 nitrogen and oxygen atoms in total. The highest BCUT2D eigenvalue weighted by Gasteiger charge is 2.47. The van der Waals surface area contributed by atoms with Crippen molar-refractivity contribution in [3.8, 4) is 5.75 Å². The van der Waals surface area contributed by atoms with Gasteiger partial charge in [-0.15, -0.1) is 0 Å². The quantitative estimate of drug-likeness (QED) is 0.587. The number of anilines is 1. The number of carbonyl (C=O) groups is 3. The van der Waals surface area contributed by atoms with Crippen molar-refractivity contribution in [1.29, 1.82) is 0 Å². The fourth-order valence-electron chi connectivity index (χ4n) is 4.59. The lowest BCUT2D eigenvalue weighted by Gasteiger charge is -2.34. The molecule has 3 fully saturated rings. The fraction of sp³-hybridized carbons (Fsp3) is 0.417. The van der Waals surface area contributed by atoms with E-state index in [1.807, 2.05) is 24.0 Å². The van der Waals surface area contributed by atoms with Crippen LogP contribution in [0.2, 0.25) is 0 Å². The maximum Gasteiger partial charge on any atom is 0.258 e. The van der Waals surface area contributed by atoms with E-state index in [0.29, 0.717) is 29.5 Å². The first-order chi connectivity index (χ1) is 16.4. The Hall–Kier alpha value is -2.85. The van der Waals surface area contributed by atoms with Crippen molar-refractivity contribution in [3.63, 3.8) is 0 Å². The number of ether oxygens (including phenoxy) is 1. The number of fused-ring (bicyclic) bond motifs is 2. The van der Waals surface area contributed by atoms with Crippen molar-refractivity contribution in [2.75, 3.05) is 25.5 Å². The number of nitrogens with one attached hydrogen (secondary N) is 1. The molecule has 2 aliphatic heterocycles. The fourth-order valence-corrected chi connectivity index (χ4v) is 6.54. The number of thiazole rings is 1. The minimum absolute atomic E-state index is 0.00245. The Bertz CT molecular complexity index is 1180. The number of benzene rings is 1. The van der Waals surface area contributed by atoms with Crippen LogP contribution in [0.4, 0.5) is 5.13 Å². The summed E-state index contributed by atoms with van der Waals surface area (Å²) in [4.78, 5) is 46.5. The number of nitrogens with zero attached hydrogens (tertiary/aromatic N) is 3. The molecule has 2 saturated heterocycles. The van der Waals surface area contributed by atoms with Crippen molar-refractivity contribution in [1.82, 2.24) is 14.8 Å². The summed E-state index contributed by atoms with van der Waals surface area (Å²) in [6, 6.07) is 3.80. The molecule has 3 amide bonds. The van der Waals surface area contributed by atoms with Crippen LogP contribution in [0.3, 0.4) is 0 Å². The summed E-state index contributed by atoms with van der Waals surface area (Å²) in [5.74, 6) is 0.533. The Morgan fingerprint density at radius 2 is 1.97 bits per heavy atom. The molecule has 0 radical (unpaired) electrons. The largest absolute Gasteiger partial charge is 0.496 e. The van der Waals surface area contributed by atoms with Crippen LogP contribution in [0, 0.1) is 12.8 Å². The first-order valence-electron chi connectivity index (χ1n) is 11.2. The third-order valence-corrected chi connectivity index (χ3v) is 8.73. The molecule has 1 aromatic heterocycles. The summed E-state index contributed by atoms with van der Waals surface area (Å²) in [6.07, 6.45) is 5.76. The van der Waals surface area contributed by atoms with E-state index >= 15 is 0 Å². The molecule has 0 unspecified atom stereocenters. The average molecular weight is 499 g/mol. The molecule has 1 saturated carbocycles. The summed E-state index contributed by atoms with van der Waals surface area (Å²) in [5.41, 5.74) is 1.50. The van der Waals surface area contributed by atoms with Gasteiger partial charge in [-0.1, -0.05) is 29.7 Å². The molecule has 1 N–H and O–H groups in total. The maximum atomic E-state index is 13.5. The molecule has 178 valence electrons. The van der Waals surface area contributed by atoms with E-state index in [1.165, 1.54) is 29.2 Å². The number of carbonyl (C=O) groups excluding carboxylic acids is 3. The highest BCUT2D eigenvalue weighted by molar-refractivity contribution is 8.01. The lowest BCUT2D eigenvalue weighted by molar-refractivity contribution is -0.128. The number of methoxy groups -OCH3 is 1. The molecule has 0 spiro atoms. The van der Waals surface area contributed by atoms with Gasteiger partial charge in [0.1, 0.15) is 5.75 Å². The van der Waals surface area contributed by atoms with Gasteiger partial charge in [-0.25, -0.2) is 4.98 Å². The van der Waals surface area contributed by atoms with Crippen LogP contribution in [-0.2, 0) is 9.59 Å². The van der Waals surface area contributed by atoms with Gasteiger partial charge < -0.3 is 19.9 Å². The highest BCUT2D eigenvalue weighted by atomic mass is 32.2. The summed E-state index contributed by atoms with van der Waals surface area (Å²) in [6.45, 7) is 6.61. The molecule has 10 heteroatoms. The molecule has 3 aliphatic rings. The van der Waals surface area contributed by atoms with Crippen molar-refractivity contribution >= 4 is 46.0 Å². The number of aryl methyl sites for hydroxylation is 1. The predicted octanol–water partition coefficient (Wildman–Crippen LogP) is 3.57. The Balaban J connectivity index is 1.33. The smallest absolute Gasteiger partial charge is 0.258 e. The third kappa shape index (κ3) is 4.32. The van der Waals surface area contributed by atoms with Crippen molar-refractivity contribution in [3.05, 3.63) is 42.1 Å². The second-order valence-electron chi connectivity index (χ2n) is 8.86. The van der Waals surface area contributed by atoms with Crippen LogP contribution < -0.4 is 10.1 Å². The summed E-state index contributed by atoms with van der Waals surface area (Å²) >= 11 is 2.94. The maximum absolute atomic E-state index is 13.5. The lowest BCUT2D eigenvalue weighted by atomic mass is 10.1. The summed E-state index contributed by atoms with van der Waals surface area (Å²) in [7, 11) is 1.57.